The highest BCUT2D eigenvalue weighted by Crippen LogP contribution is 2.21. The van der Waals surface area contributed by atoms with Crippen molar-refractivity contribution < 1.29 is 17.9 Å². The van der Waals surface area contributed by atoms with E-state index in [1.165, 1.54) is 17.0 Å². The van der Waals surface area contributed by atoms with Gasteiger partial charge in [-0.2, -0.15) is 5.26 Å². The fourth-order valence-electron chi connectivity index (χ4n) is 3.05. The third-order valence-corrected chi connectivity index (χ3v) is 6.08. The number of likely N-dealkylation sites (tertiary alicyclic amines) is 1. The zero-order chi connectivity index (χ0) is 20.1. The van der Waals surface area contributed by atoms with Crippen molar-refractivity contribution in [2.45, 2.75) is 36.9 Å². The Morgan fingerprint density at radius 1 is 1.21 bits per heavy atom. The van der Waals surface area contributed by atoms with E-state index in [0.29, 0.717) is 0 Å². The monoisotopic (exact) mass is 399 g/mol. The number of ether oxygens (including phenoxy) is 1. The van der Waals surface area contributed by atoms with Crippen LogP contribution in [0, 0.1) is 18.3 Å². The summed E-state index contributed by atoms with van der Waals surface area (Å²) in [6.45, 7) is 2.04. The Kier molecular flexibility index (Phi) is 5.97. The Morgan fingerprint density at radius 2 is 1.89 bits per heavy atom. The predicted molar refractivity (Wildman–Crippen MR) is 103 cm³/mol. The summed E-state index contributed by atoms with van der Waals surface area (Å²) in [5.74, 6) is 0. The molecule has 1 N–H and O–H groups in total. The fourth-order valence-corrected chi connectivity index (χ4v) is 4.29. The van der Waals surface area contributed by atoms with Gasteiger partial charge in [-0.15, -0.1) is 0 Å². The summed E-state index contributed by atoms with van der Waals surface area (Å²) in [5.41, 5.74) is 1.79. The SMILES string of the molecule is Cc1ccc(S(=O)(=O)N[C@H]2C[C@H](C#N)N(C(=O)OCc3ccccc3)C2)cc1. The summed E-state index contributed by atoms with van der Waals surface area (Å²) in [7, 11) is -3.73. The molecule has 0 radical (unpaired) electrons. The molecule has 2 aromatic rings. The number of nitrogens with one attached hydrogen (secondary N) is 1. The first kappa shape index (κ1) is 19.9. The predicted octanol–water partition coefficient (Wildman–Crippen LogP) is 2.58. The van der Waals surface area contributed by atoms with Crippen molar-refractivity contribution in [1.29, 1.82) is 5.26 Å². The average Bonchev–Trinajstić information content (AvgIpc) is 3.09. The second-order valence-corrected chi connectivity index (χ2v) is 8.42. The number of sulfonamides is 1. The summed E-state index contributed by atoms with van der Waals surface area (Å²) < 4.78 is 33.0. The highest BCUT2D eigenvalue weighted by Gasteiger charge is 2.38. The van der Waals surface area contributed by atoms with E-state index < -0.39 is 28.2 Å². The lowest BCUT2D eigenvalue weighted by atomic mass is 10.2. The van der Waals surface area contributed by atoms with Crippen LogP contribution in [-0.4, -0.2) is 38.0 Å². The van der Waals surface area contributed by atoms with Gasteiger partial charge in [-0.25, -0.2) is 17.9 Å². The smallest absolute Gasteiger partial charge is 0.411 e. The number of benzene rings is 2. The van der Waals surface area contributed by atoms with E-state index in [-0.39, 0.29) is 24.5 Å². The first-order valence-electron chi connectivity index (χ1n) is 8.85. The topological polar surface area (TPSA) is 99.5 Å². The zero-order valence-electron chi connectivity index (χ0n) is 15.4. The van der Waals surface area contributed by atoms with Crippen LogP contribution in [0.2, 0.25) is 0 Å². The fraction of sp³-hybridized carbons (Fsp3) is 0.300. The first-order valence-corrected chi connectivity index (χ1v) is 10.3. The van der Waals surface area contributed by atoms with E-state index in [1.54, 1.807) is 12.1 Å². The molecule has 28 heavy (non-hydrogen) atoms. The van der Waals surface area contributed by atoms with Crippen molar-refractivity contribution in [3.05, 3.63) is 65.7 Å². The van der Waals surface area contributed by atoms with Crippen molar-refractivity contribution in [2.24, 2.45) is 0 Å². The zero-order valence-corrected chi connectivity index (χ0v) is 16.2. The standard InChI is InChI=1S/C20H21N3O4S/c1-15-7-9-19(10-8-15)28(25,26)22-17-11-18(12-21)23(13-17)20(24)27-14-16-5-3-2-4-6-16/h2-10,17-18,22H,11,13-14H2,1H3/t17-,18+/m0/s1. The third kappa shape index (κ3) is 4.68. The Balaban J connectivity index is 1.63. The van der Waals surface area contributed by atoms with Gasteiger partial charge in [0.15, 0.2) is 0 Å². The van der Waals surface area contributed by atoms with Gasteiger partial charge in [0.05, 0.1) is 11.0 Å². The number of nitriles is 1. The number of hydrogen-bond donors (Lipinski definition) is 1. The van der Waals surface area contributed by atoms with Crippen LogP contribution in [0.25, 0.3) is 0 Å². The molecule has 3 rings (SSSR count). The van der Waals surface area contributed by atoms with Crippen LogP contribution in [0.3, 0.4) is 0 Å². The van der Waals surface area contributed by atoms with E-state index >= 15 is 0 Å². The molecule has 1 aliphatic rings. The lowest BCUT2D eigenvalue weighted by Gasteiger charge is -2.19. The number of carbonyl (C=O) groups excluding carboxylic acids is 1. The maximum atomic E-state index is 12.6. The van der Waals surface area contributed by atoms with Crippen LogP contribution in [-0.2, 0) is 21.4 Å². The molecule has 1 saturated heterocycles. The normalized spacial score (nSPS) is 19.2. The Morgan fingerprint density at radius 3 is 2.54 bits per heavy atom. The van der Waals surface area contributed by atoms with Gasteiger partial charge in [0.25, 0.3) is 0 Å². The Bertz CT molecular complexity index is 969. The molecule has 146 valence electrons. The van der Waals surface area contributed by atoms with Crippen molar-refractivity contribution >= 4 is 16.1 Å². The Hall–Kier alpha value is -2.89. The van der Waals surface area contributed by atoms with Crippen LogP contribution in [0.5, 0.6) is 0 Å². The van der Waals surface area contributed by atoms with Crippen LogP contribution in [0.4, 0.5) is 4.79 Å². The average molecular weight is 399 g/mol. The van der Waals surface area contributed by atoms with Crippen LogP contribution in [0.1, 0.15) is 17.5 Å². The molecule has 0 aliphatic carbocycles. The molecular weight excluding hydrogens is 378 g/mol. The molecule has 8 heteroatoms. The maximum Gasteiger partial charge on any atom is 0.411 e. The number of hydrogen-bond acceptors (Lipinski definition) is 5. The van der Waals surface area contributed by atoms with Crippen molar-refractivity contribution in [3.63, 3.8) is 0 Å². The highest BCUT2D eigenvalue weighted by molar-refractivity contribution is 7.89. The third-order valence-electron chi connectivity index (χ3n) is 4.54. The van der Waals surface area contributed by atoms with Crippen molar-refractivity contribution in [3.8, 4) is 6.07 Å². The summed E-state index contributed by atoms with van der Waals surface area (Å²) in [6.07, 6.45) is -0.422. The summed E-state index contributed by atoms with van der Waals surface area (Å²) >= 11 is 0. The largest absolute Gasteiger partial charge is 0.445 e. The number of rotatable bonds is 5. The summed E-state index contributed by atoms with van der Waals surface area (Å²) in [5, 5.41) is 9.36. The van der Waals surface area contributed by atoms with Gasteiger partial charge < -0.3 is 4.74 Å². The van der Waals surface area contributed by atoms with E-state index in [4.69, 9.17) is 4.74 Å². The molecule has 1 amide bonds. The lowest BCUT2D eigenvalue weighted by molar-refractivity contribution is 0.0977. The first-order chi connectivity index (χ1) is 13.4. The minimum Gasteiger partial charge on any atom is -0.445 e. The second kappa shape index (κ2) is 8.42. The quantitative estimate of drug-likeness (QED) is 0.833. The van der Waals surface area contributed by atoms with Gasteiger partial charge >= 0.3 is 6.09 Å². The van der Waals surface area contributed by atoms with Crippen LogP contribution >= 0.6 is 0 Å². The molecule has 2 aromatic carbocycles. The van der Waals surface area contributed by atoms with Gasteiger partial charge in [0.2, 0.25) is 10.0 Å². The molecule has 1 fully saturated rings. The summed E-state index contributed by atoms with van der Waals surface area (Å²) in [6, 6.07) is 16.4. The molecule has 0 aromatic heterocycles. The highest BCUT2D eigenvalue weighted by atomic mass is 32.2. The molecule has 0 saturated carbocycles. The molecule has 0 bridgehead atoms. The number of aryl methyl sites for hydroxylation is 1. The van der Waals surface area contributed by atoms with E-state index in [0.717, 1.165) is 11.1 Å². The number of nitrogens with zero attached hydrogens (tertiary/aromatic N) is 2. The van der Waals surface area contributed by atoms with Gasteiger partial charge in [0, 0.05) is 12.6 Å². The molecule has 1 aliphatic heterocycles. The minimum atomic E-state index is -3.73. The van der Waals surface area contributed by atoms with E-state index in [9.17, 15) is 18.5 Å². The number of amides is 1. The summed E-state index contributed by atoms with van der Waals surface area (Å²) in [4.78, 5) is 13.8. The molecule has 0 unspecified atom stereocenters. The van der Waals surface area contributed by atoms with E-state index in [1.807, 2.05) is 43.3 Å². The molecule has 2 atom stereocenters. The maximum absolute atomic E-state index is 12.6. The molecule has 7 nitrogen and oxygen atoms in total. The minimum absolute atomic E-state index is 0.0803. The molecule has 1 heterocycles. The van der Waals surface area contributed by atoms with Crippen LogP contribution in [0.15, 0.2) is 59.5 Å². The van der Waals surface area contributed by atoms with Gasteiger partial charge in [0.1, 0.15) is 12.6 Å². The van der Waals surface area contributed by atoms with Crippen LogP contribution < -0.4 is 4.72 Å². The molecular formula is C20H21N3O4S. The Labute approximate surface area is 164 Å². The van der Waals surface area contributed by atoms with Gasteiger partial charge in [-0.1, -0.05) is 48.0 Å². The number of carbonyl (C=O) groups is 1. The van der Waals surface area contributed by atoms with Gasteiger partial charge in [-0.05, 0) is 31.0 Å². The van der Waals surface area contributed by atoms with E-state index in [2.05, 4.69) is 4.72 Å². The van der Waals surface area contributed by atoms with Crippen molar-refractivity contribution in [2.75, 3.05) is 6.54 Å². The van der Waals surface area contributed by atoms with Gasteiger partial charge in [-0.3, -0.25) is 4.90 Å². The molecule has 0 spiro atoms. The second-order valence-electron chi connectivity index (χ2n) is 6.70. The lowest BCUT2D eigenvalue weighted by Crippen LogP contribution is -2.39. The van der Waals surface area contributed by atoms with Crippen molar-refractivity contribution in [1.82, 2.24) is 9.62 Å².